The molecule has 1 aliphatic carbocycles. The third-order valence-electron chi connectivity index (χ3n) is 16.8. The fraction of sp³-hybridized carbons (Fsp3) is 0.324. The Kier molecular flexibility index (Phi) is 11.5. The van der Waals surface area contributed by atoms with Crippen molar-refractivity contribution in [3.05, 3.63) is 203 Å². The Labute approximate surface area is 450 Å². The van der Waals surface area contributed by atoms with Crippen LogP contribution >= 0.6 is 0 Å². The van der Waals surface area contributed by atoms with Crippen LogP contribution in [0.4, 0.5) is 51.2 Å². The van der Waals surface area contributed by atoms with Crippen molar-refractivity contribution < 1.29 is 0 Å². The highest BCUT2D eigenvalue weighted by Crippen LogP contribution is 2.57. The van der Waals surface area contributed by atoms with Crippen LogP contribution in [-0.4, -0.2) is 6.71 Å². The van der Waals surface area contributed by atoms with Gasteiger partial charge in [-0.05, 0) is 166 Å². The van der Waals surface area contributed by atoms with Crippen molar-refractivity contribution >= 4 is 74.3 Å². The first-order valence-electron chi connectivity index (χ1n) is 27.5. The van der Waals surface area contributed by atoms with Gasteiger partial charge in [-0.25, -0.2) is 0 Å². The molecule has 75 heavy (non-hydrogen) atoms. The monoisotopic (exact) mass is 984 g/mol. The molecule has 8 aromatic rings. The SMILES string of the molecule is CC(C)(C)c1ccc(N(c2ccc(C(C)(C)C)cc2)c2cc3c(c(N4c5ccc(C(C)(C)C)cc5B5c6cc(C(C)(C)C)ccc6N(c6ccc(C(C)(C)C)cc6)c6cccc4c65)c2)C(C)(C)c2ccccc2-3)cc1. The van der Waals surface area contributed by atoms with E-state index in [1.807, 2.05) is 0 Å². The lowest BCUT2D eigenvalue weighted by molar-refractivity contribution is 0.590. The summed E-state index contributed by atoms with van der Waals surface area (Å²) in [6.45, 7) is 39.7. The molecule has 0 unspecified atom stereocenters. The van der Waals surface area contributed by atoms with Crippen molar-refractivity contribution in [3.63, 3.8) is 0 Å². The molecule has 3 aliphatic rings. The smallest absolute Gasteiger partial charge is 0.252 e. The third-order valence-corrected chi connectivity index (χ3v) is 16.8. The Bertz CT molecular complexity index is 3470. The van der Waals surface area contributed by atoms with Crippen molar-refractivity contribution in [1.29, 1.82) is 0 Å². The molecule has 0 aromatic heterocycles. The van der Waals surface area contributed by atoms with E-state index in [4.69, 9.17) is 0 Å². The maximum Gasteiger partial charge on any atom is 0.252 e. The highest BCUT2D eigenvalue weighted by Gasteiger charge is 2.47. The Hall–Kier alpha value is -6.78. The van der Waals surface area contributed by atoms with Crippen LogP contribution in [-0.2, 0) is 32.5 Å². The van der Waals surface area contributed by atoms with Gasteiger partial charge >= 0.3 is 0 Å². The number of nitrogens with zero attached hydrogens (tertiary/aromatic N) is 3. The number of hydrogen-bond acceptors (Lipinski definition) is 3. The van der Waals surface area contributed by atoms with Gasteiger partial charge in [0.15, 0.2) is 0 Å². The minimum atomic E-state index is -0.306. The zero-order valence-corrected chi connectivity index (χ0v) is 48.0. The molecule has 0 spiro atoms. The predicted octanol–water partition coefficient (Wildman–Crippen LogP) is 18.0. The summed E-state index contributed by atoms with van der Waals surface area (Å²) in [5.41, 5.74) is 26.3. The van der Waals surface area contributed by atoms with E-state index in [0.29, 0.717) is 0 Å². The highest BCUT2D eigenvalue weighted by atomic mass is 15.2. The maximum absolute atomic E-state index is 2.68. The second kappa shape index (κ2) is 17.1. The molecule has 0 saturated heterocycles. The molecule has 0 atom stereocenters. The summed E-state index contributed by atoms with van der Waals surface area (Å²) in [5.74, 6) is 0. The first-order chi connectivity index (χ1) is 35.1. The van der Waals surface area contributed by atoms with Gasteiger partial charge in [-0.1, -0.05) is 209 Å². The number of fused-ring (bicyclic) bond motifs is 7. The van der Waals surface area contributed by atoms with E-state index in [9.17, 15) is 0 Å². The van der Waals surface area contributed by atoms with Crippen LogP contribution in [0.5, 0.6) is 0 Å². The molecule has 0 N–H and O–H groups in total. The number of rotatable bonds is 5. The van der Waals surface area contributed by atoms with Gasteiger partial charge in [0, 0.05) is 50.9 Å². The van der Waals surface area contributed by atoms with E-state index >= 15 is 0 Å². The van der Waals surface area contributed by atoms with E-state index < -0.39 is 0 Å². The molecule has 11 rings (SSSR count). The maximum atomic E-state index is 2.68. The van der Waals surface area contributed by atoms with Crippen molar-refractivity contribution in [2.75, 3.05) is 14.7 Å². The first-order valence-corrected chi connectivity index (χ1v) is 27.5. The summed E-state index contributed by atoms with van der Waals surface area (Å²) in [6, 6.07) is 64.0. The summed E-state index contributed by atoms with van der Waals surface area (Å²) >= 11 is 0. The molecule has 2 aliphatic heterocycles. The number of benzene rings is 8. The van der Waals surface area contributed by atoms with Gasteiger partial charge in [-0.15, -0.1) is 0 Å². The van der Waals surface area contributed by atoms with Gasteiger partial charge < -0.3 is 14.7 Å². The summed E-state index contributed by atoms with van der Waals surface area (Å²) < 4.78 is 0. The molecule has 0 radical (unpaired) electrons. The zero-order valence-electron chi connectivity index (χ0n) is 48.0. The van der Waals surface area contributed by atoms with Gasteiger partial charge in [-0.3, -0.25) is 0 Å². The Morgan fingerprint density at radius 1 is 0.360 bits per heavy atom. The lowest BCUT2D eigenvalue weighted by Gasteiger charge is -2.45. The zero-order chi connectivity index (χ0) is 53.5. The van der Waals surface area contributed by atoms with E-state index in [2.05, 4.69) is 296 Å². The minimum Gasteiger partial charge on any atom is -0.311 e. The fourth-order valence-electron chi connectivity index (χ4n) is 12.4. The van der Waals surface area contributed by atoms with Crippen LogP contribution in [0.15, 0.2) is 164 Å². The molecule has 380 valence electrons. The lowest BCUT2D eigenvalue weighted by Crippen LogP contribution is -2.61. The molecule has 0 fully saturated rings. The third kappa shape index (κ3) is 8.43. The van der Waals surface area contributed by atoms with Crippen LogP contribution in [0.2, 0.25) is 0 Å². The van der Waals surface area contributed by atoms with Crippen LogP contribution < -0.4 is 31.1 Å². The van der Waals surface area contributed by atoms with Gasteiger partial charge in [0.2, 0.25) is 0 Å². The normalized spacial score (nSPS) is 14.8. The van der Waals surface area contributed by atoms with Crippen LogP contribution in [0.1, 0.15) is 157 Å². The molecule has 0 amide bonds. The molecule has 2 heterocycles. The van der Waals surface area contributed by atoms with E-state index in [0.717, 1.165) is 17.1 Å². The topological polar surface area (TPSA) is 9.72 Å². The van der Waals surface area contributed by atoms with Gasteiger partial charge in [0.25, 0.3) is 6.71 Å². The van der Waals surface area contributed by atoms with E-state index in [-0.39, 0.29) is 39.2 Å². The summed E-state index contributed by atoms with van der Waals surface area (Å²) in [7, 11) is 0. The van der Waals surface area contributed by atoms with E-state index in [1.165, 1.54) is 101 Å². The Balaban J connectivity index is 1.24. The van der Waals surface area contributed by atoms with Crippen LogP contribution in [0, 0.1) is 0 Å². The molecule has 3 nitrogen and oxygen atoms in total. The van der Waals surface area contributed by atoms with Crippen molar-refractivity contribution in [2.24, 2.45) is 0 Å². The molecule has 8 aromatic carbocycles. The summed E-state index contributed by atoms with van der Waals surface area (Å²) in [4.78, 5) is 7.74. The highest BCUT2D eigenvalue weighted by molar-refractivity contribution is 7.00. The first kappa shape index (κ1) is 50.4. The van der Waals surface area contributed by atoms with Crippen molar-refractivity contribution in [2.45, 2.75) is 150 Å². The van der Waals surface area contributed by atoms with Crippen LogP contribution in [0.25, 0.3) is 11.1 Å². The summed E-state index contributed by atoms with van der Waals surface area (Å²) in [5, 5.41) is 0. The molecular weight excluding hydrogens is 906 g/mol. The van der Waals surface area contributed by atoms with Gasteiger partial charge in [0.05, 0.1) is 5.69 Å². The largest absolute Gasteiger partial charge is 0.311 e. The number of hydrogen-bond donors (Lipinski definition) is 0. The van der Waals surface area contributed by atoms with Crippen molar-refractivity contribution in [3.8, 4) is 11.1 Å². The molecule has 0 saturated carbocycles. The average molecular weight is 984 g/mol. The fourth-order valence-corrected chi connectivity index (χ4v) is 12.4. The summed E-state index contributed by atoms with van der Waals surface area (Å²) in [6.07, 6.45) is 0. The lowest BCUT2D eigenvalue weighted by atomic mass is 9.33. The minimum absolute atomic E-state index is 0.00672. The predicted molar refractivity (Wildman–Crippen MR) is 326 cm³/mol. The number of anilines is 9. The second-order valence-electron chi connectivity index (χ2n) is 27.6. The van der Waals surface area contributed by atoms with Gasteiger partial charge in [0.1, 0.15) is 0 Å². The Morgan fingerprint density at radius 3 is 1.27 bits per heavy atom. The molecule has 0 bridgehead atoms. The standard InChI is InChI=1S/C71H78BN3/c1-66(2,3)45-25-33-50(34-26-45)73(51-35-27-46(28-36-51)67(4,5)6)53-43-55-54-21-18-19-22-56(54)71(16,17)64(55)63(44-53)75-60-40-32-49(70(13,14)15)42-58(60)72-57-41-48(69(10,11)12)31-39-59(57)74(61-23-20-24-62(75)65(61)72)52-37-29-47(30-38-52)68(7,8)9/h18-44H,1-17H3. The Morgan fingerprint density at radius 2 is 0.787 bits per heavy atom. The second-order valence-corrected chi connectivity index (χ2v) is 27.6. The van der Waals surface area contributed by atoms with E-state index in [1.54, 1.807) is 0 Å². The average Bonchev–Trinajstić information content (AvgIpc) is 3.62. The van der Waals surface area contributed by atoms with Gasteiger partial charge in [-0.2, -0.15) is 0 Å². The quantitative estimate of drug-likeness (QED) is 0.159. The van der Waals surface area contributed by atoms with Crippen LogP contribution in [0.3, 0.4) is 0 Å². The molecular formula is C71H78BN3. The van der Waals surface area contributed by atoms with Crippen molar-refractivity contribution in [1.82, 2.24) is 0 Å². The molecule has 4 heteroatoms.